The molecule has 0 aliphatic carbocycles. The van der Waals surface area contributed by atoms with Crippen LogP contribution in [0.3, 0.4) is 0 Å². The van der Waals surface area contributed by atoms with E-state index in [4.69, 9.17) is 14.6 Å². The van der Waals surface area contributed by atoms with Crippen LogP contribution < -0.4 is 5.46 Å². The summed E-state index contributed by atoms with van der Waals surface area (Å²) in [6, 6.07) is 13.8. The van der Waals surface area contributed by atoms with Gasteiger partial charge < -0.3 is 9.31 Å². The van der Waals surface area contributed by atoms with Crippen LogP contribution in [0.5, 0.6) is 0 Å². The monoisotopic (exact) mass is 309 g/mol. The zero-order valence-corrected chi connectivity index (χ0v) is 13.2. The lowest BCUT2D eigenvalue weighted by atomic mass is 9.75. The largest absolute Gasteiger partial charge is 0.493 e. The minimum atomic E-state index is -0.485. The number of hydrogen-bond donors (Lipinski definition) is 0. The van der Waals surface area contributed by atoms with Gasteiger partial charge in [-0.3, -0.25) is 0 Å². The van der Waals surface area contributed by atoms with Gasteiger partial charge in [0.05, 0.1) is 11.6 Å². The van der Waals surface area contributed by atoms with Gasteiger partial charge in [-0.25, -0.2) is 4.39 Å². The van der Waals surface area contributed by atoms with Crippen LogP contribution in [0.1, 0.15) is 19.4 Å². The molecular formula is C18H17BFNO2. The molecule has 3 rings (SSSR count). The van der Waals surface area contributed by atoms with Crippen LogP contribution in [0.4, 0.5) is 4.39 Å². The summed E-state index contributed by atoms with van der Waals surface area (Å²) < 4.78 is 25.7. The van der Waals surface area contributed by atoms with Crippen LogP contribution in [-0.2, 0) is 9.31 Å². The standard InChI is InChI=1S/C18H17BFNO2/c1-18(2)11-22-19(23-12-18)15-6-7-17(20)16(9-15)14-5-3-4-13(8-14)10-21/h3-9H,11-12H2,1-2H3. The zero-order chi connectivity index (χ0) is 16.4. The van der Waals surface area contributed by atoms with E-state index in [0.717, 1.165) is 5.46 Å². The van der Waals surface area contributed by atoms with Crippen LogP contribution in [0.25, 0.3) is 11.1 Å². The molecule has 0 spiro atoms. The number of nitrogens with zero attached hydrogens (tertiary/aromatic N) is 1. The highest BCUT2D eigenvalue weighted by molar-refractivity contribution is 6.61. The average molecular weight is 309 g/mol. The van der Waals surface area contributed by atoms with Gasteiger partial charge in [0.25, 0.3) is 0 Å². The van der Waals surface area contributed by atoms with Crippen molar-refractivity contribution < 1.29 is 13.7 Å². The van der Waals surface area contributed by atoms with Gasteiger partial charge in [0, 0.05) is 24.2 Å². The second-order valence-corrected chi connectivity index (χ2v) is 6.55. The number of benzene rings is 2. The number of halogens is 1. The first-order valence-corrected chi connectivity index (χ1v) is 7.52. The van der Waals surface area contributed by atoms with E-state index < -0.39 is 7.12 Å². The molecule has 0 saturated carbocycles. The maximum absolute atomic E-state index is 14.2. The summed E-state index contributed by atoms with van der Waals surface area (Å²) in [5.74, 6) is -0.333. The van der Waals surface area contributed by atoms with Crippen molar-refractivity contribution in [2.24, 2.45) is 5.41 Å². The normalized spacial score (nSPS) is 16.9. The molecule has 3 nitrogen and oxygen atoms in total. The average Bonchev–Trinajstić information content (AvgIpc) is 2.55. The van der Waals surface area contributed by atoms with Gasteiger partial charge in [0.1, 0.15) is 5.82 Å². The fraction of sp³-hybridized carbons (Fsp3) is 0.278. The molecule has 1 aliphatic rings. The Bertz CT molecular complexity index is 760. The van der Waals surface area contributed by atoms with Crippen LogP contribution >= 0.6 is 0 Å². The van der Waals surface area contributed by atoms with E-state index >= 15 is 0 Å². The van der Waals surface area contributed by atoms with Gasteiger partial charge in [-0.05, 0) is 29.2 Å². The molecule has 2 aromatic carbocycles. The van der Waals surface area contributed by atoms with Crippen molar-refractivity contribution >= 4 is 12.6 Å². The SMILES string of the molecule is CC1(C)COB(c2ccc(F)c(-c3cccc(C#N)c3)c2)OC1. The van der Waals surface area contributed by atoms with Crippen LogP contribution in [0, 0.1) is 22.6 Å². The molecule has 0 atom stereocenters. The molecule has 0 aromatic heterocycles. The summed E-state index contributed by atoms with van der Waals surface area (Å²) >= 11 is 0. The maximum Gasteiger partial charge on any atom is 0.493 e. The Labute approximate surface area is 135 Å². The molecule has 1 saturated heterocycles. The van der Waals surface area contributed by atoms with Crippen molar-refractivity contribution in [3.63, 3.8) is 0 Å². The van der Waals surface area contributed by atoms with Crippen molar-refractivity contribution in [2.75, 3.05) is 13.2 Å². The van der Waals surface area contributed by atoms with E-state index in [2.05, 4.69) is 19.9 Å². The molecule has 1 aliphatic heterocycles. The summed E-state index contributed by atoms with van der Waals surface area (Å²) in [5.41, 5.74) is 2.37. The summed E-state index contributed by atoms with van der Waals surface area (Å²) in [6.07, 6.45) is 0. The number of hydrogen-bond acceptors (Lipinski definition) is 3. The van der Waals surface area contributed by atoms with Crippen molar-refractivity contribution in [3.05, 3.63) is 53.8 Å². The fourth-order valence-corrected chi connectivity index (χ4v) is 2.55. The lowest BCUT2D eigenvalue weighted by molar-refractivity contribution is 0.0343. The minimum absolute atomic E-state index is 0.0134. The minimum Gasteiger partial charge on any atom is -0.407 e. The zero-order valence-electron chi connectivity index (χ0n) is 13.2. The van der Waals surface area contributed by atoms with Crippen molar-refractivity contribution in [3.8, 4) is 17.2 Å². The molecule has 0 amide bonds. The topological polar surface area (TPSA) is 42.2 Å². The smallest absolute Gasteiger partial charge is 0.407 e. The van der Waals surface area contributed by atoms with Crippen molar-refractivity contribution in [2.45, 2.75) is 13.8 Å². The highest BCUT2D eigenvalue weighted by atomic mass is 19.1. The van der Waals surface area contributed by atoms with Gasteiger partial charge in [-0.2, -0.15) is 5.26 Å². The number of rotatable bonds is 2. The van der Waals surface area contributed by atoms with Crippen molar-refractivity contribution in [1.82, 2.24) is 0 Å². The van der Waals surface area contributed by atoms with E-state index in [0.29, 0.717) is 29.9 Å². The Balaban J connectivity index is 1.92. The predicted octanol–water partition coefficient (Wildman–Crippen LogP) is 3.13. The lowest BCUT2D eigenvalue weighted by Gasteiger charge is -2.33. The molecule has 0 bridgehead atoms. The van der Waals surface area contributed by atoms with E-state index in [1.807, 2.05) is 0 Å². The molecule has 5 heteroatoms. The fourth-order valence-electron chi connectivity index (χ4n) is 2.55. The highest BCUT2D eigenvalue weighted by Crippen LogP contribution is 2.25. The summed E-state index contributed by atoms with van der Waals surface area (Å²) in [7, 11) is -0.485. The predicted molar refractivity (Wildman–Crippen MR) is 87.6 cm³/mol. The molecule has 1 heterocycles. The van der Waals surface area contributed by atoms with Gasteiger partial charge in [-0.15, -0.1) is 0 Å². The first kappa shape index (κ1) is 15.7. The quantitative estimate of drug-likeness (QED) is 0.800. The Morgan fingerprint density at radius 1 is 1.13 bits per heavy atom. The van der Waals surface area contributed by atoms with Crippen molar-refractivity contribution in [1.29, 1.82) is 5.26 Å². The first-order chi connectivity index (χ1) is 11.0. The lowest BCUT2D eigenvalue weighted by Crippen LogP contribution is -2.47. The number of nitriles is 1. The van der Waals surface area contributed by atoms with Crippen LogP contribution in [0.15, 0.2) is 42.5 Å². The third kappa shape index (κ3) is 3.44. The van der Waals surface area contributed by atoms with Crippen LogP contribution in [0.2, 0.25) is 0 Å². The molecule has 0 unspecified atom stereocenters. The van der Waals surface area contributed by atoms with Crippen LogP contribution in [-0.4, -0.2) is 20.3 Å². The Morgan fingerprint density at radius 3 is 2.57 bits per heavy atom. The van der Waals surface area contributed by atoms with Gasteiger partial charge in [-0.1, -0.05) is 38.1 Å². The molecule has 1 fully saturated rings. The molecule has 116 valence electrons. The summed E-state index contributed by atoms with van der Waals surface area (Å²) in [4.78, 5) is 0. The Kier molecular flexibility index (Phi) is 4.21. The third-order valence-corrected chi connectivity index (χ3v) is 3.82. The Morgan fingerprint density at radius 2 is 1.87 bits per heavy atom. The van der Waals surface area contributed by atoms with E-state index in [1.54, 1.807) is 36.4 Å². The first-order valence-electron chi connectivity index (χ1n) is 7.52. The highest BCUT2D eigenvalue weighted by Gasteiger charge is 2.33. The van der Waals surface area contributed by atoms with Gasteiger partial charge in [0.2, 0.25) is 0 Å². The summed E-state index contributed by atoms with van der Waals surface area (Å²) in [6.45, 7) is 5.34. The second kappa shape index (κ2) is 6.15. The molecule has 2 aromatic rings. The van der Waals surface area contributed by atoms with E-state index in [-0.39, 0.29) is 11.2 Å². The van der Waals surface area contributed by atoms with E-state index in [9.17, 15) is 4.39 Å². The third-order valence-electron chi connectivity index (χ3n) is 3.82. The molecule has 23 heavy (non-hydrogen) atoms. The van der Waals surface area contributed by atoms with Gasteiger partial charge in [0.15, 0.2) is 0 Å². The second-order valence-electron chi connectivity index (χ2n) is 6.55. The summed E-state index contributed by atoms with van der Waals surface area (Å²) in [5, 5.41) is 9.00. The molecule has 0 radical (unpaired) electrons. The van der Waals surface area contributed by atoms with E-state index in [1.165, 1.54) is 6.07 Å². The molecule has 0 N–H and O–H groups in total. The maximum atomic E-state index is 14.2. The van der Waals surface area contributed by atoms with Gasteiger partial charge >= 0.3 is 7.12 Å². The Hall–Kier alpha value is -2.16. The molecular weight excluding hydrogens is 292 g/mol.